The van der Waals surface area contributed by atoms with E-state index in [0.717, 1.165) is 24.9 Å². The lowest BCUT2D eigenvalue weighted by Gasteiger charge is -2.07. The van der Waals surface area contributed by atoms with E-state index in [1.54, 1.807) is 0 Å². The fraction of sp³-hybridized carbons (Fsp3) is 0.778. The van der Waals surface area contributed by atoms with Crippen molar-refractivity contribution in [1.29, 1.82) is 0 Å². The lowest BCUT2D eigenvalue weighted by atomic mass is 10.2. The third-order valence-electron chi connectivity index (χ3n) is 2.02. The summed E-state index contributed by atoms with van der Waals surface area (Å²) in [6.07, 6.45) is 0. The van der Waals surface area contributed by atoms with Crippen molar-refractivity contribution in [2.24, 2.45) is 13.0 Å². The van der Waals surface area contributed by atoms with Gasteiger partial charge in [-0.25, -0.2) is 0 Å². The third-order valence-corrected chi connectivity index (χ3v) is 2.02. The smallest absolute Gasteiger partial charge is 0.224 e. The van der Waals surface area contributed by atoms with Crippen LogP contribution in [0.5, 0.6) is 0 Å². The molecule has 0 aliphatic heterocycles. The molecule has 0 aliphatic carbocycles. The van der Waals surface area contributed by atoms with Crippen LogP contribution in [0.15, 0.2) is 0 Å². The summed E-state index contributed by atoms with van der Waals surface area (Å²) in [7, 11) is 3.80. The van der Waals surface area contributed by atoms with Gasteiger partial charge in [-0.3, -0.25) is 4.57 Å². The molecule has 0 unspecified atom stereocenters. The second-order valence-electron chi connectivity index (χ2n) is 3.77. The van der Waals surface area contributed by atoms with E-state index in [-0.39, 0.29) is 0 Å². The first kappa shape index (κ1) is 11.0. The molecule has 5 heteroatoms. The Labute approximate surface area is 84.9 Å². The molecule has 0 aliphatic rings. The molecule has 0 amide bonds. The van der Waals surface area contributed by atoms with E-state index in [4.69, 9.17) is 0 Å². The first-order valence-electron chi connectivity index (χ1n) is 4.92. The van der Waals surface area contributed by atoms with Crippen molar-refractivity contribution in [3.8, 4) is 0 Å². The minimum absolute atomic E-state index is 0.659. The summed E-state index contributed by atoms with van der Waals surface area (Å²) in [4.78, 5) is 0. The summed E-state index contributed by atoms with van der Waals surface area (Å²) < 4.78 is 1.95. The first-order valence-corrected chi connectivity index (χ1v) is 4.92. The molecule has 0 saturated heterocycles. The largest absolute Gasteiger partial charge is 0.357 e. The van der Waals surface area contributed by atoms with E-state index in [9.17, 15) is 0 Å². The van der Waals surface area contributed by atoms with Gasteiger partial charge in [0.05, 0.1) is 6.54 Å². The average Bonchev–Trinajstić information content (AvgIpc) is 2.47. The number of nitrogens with one attached hydrogen (secondary N) is 2. The van der Waals surface area contributed by atoms with E-state index in [1.165, 1.54) is 0 Å². The molecule has 0 saturated carbocycles. The van der Waals surface area contributed by atoms with Crippen LogP contribution >= 0.6 is 0 Å². The van der Waals surface area contributed by atoms with Gasteiger partial charge < -0.3 is 10.6 Å². The van der Waals surface area contributed by atoms with Gasteiger partial charge in [0.15, 0.2) is 0 Å². The van der Waals surface area contributed by atoms with Crippen molar-refractivity contribution >= 4 is 5.95 Å². The Kier molecular flexibility index (Phi) is 3.88. The molecule has 0 fully saturated rings. The van der Waals surface area contributed by atoms with Crippen LogP contribution in [0.25, 0.3) is 0 Å². The van der Waals surface area contributed by atoms with Gasteiger partial charge in [0, 0.05) is 14.1 Å². The first-order chi connectivity index (χ1) is 6.65. The fourth-order valence-corrected chi connectivity index (χ4v) is 1.21. The zero-order valence-electron chi connectivity index (χ0n) is 9.33. The van der Waals surface area contributed by atoms with Crippen LogP contribution in [0.1, 0.15) is 19.7 Å². The maximum atomic E-state index is 4.07. The lowest BCUT2D eigenvalue weighted by Crippen LogP contribution is -2.21. The molecule has 0 spiro atoms. The van der Waals surface area contributed by atoms with Gasteiger partial charge in [-0.15, -0.1) is 10.2 Å². The fourth-order valence-electron chi connectivity index (χ4n) is 1.21. The molecule has 1 rings (SSSR count). The van der Waals surface area contributed by atoms with Crippen LogP contribution in [-0.4, -0.2) is 28.4 Å². The predicted octanol–water partition coefficient (Wildman–Crippen LogP) is 0.602. The van der Waals surface area contributed by atoms with Gasteiger partial charge in [0.1, 0.15) is 5.82 Å². The van der Waals surface area contributed by atoms with E-state index >= 15 is 0 Å². The minimum atomic E-state index is 0.659. The topological polar surface area (TPSA) is 54.8 Å². The molecule has 0 aromatic carbocycles. The van der Waals surface area contributed by atoms with Gasteiger partial charge >= 0.3 is 0 Å². The number of anilines is 1. The van der Waals surface area contributed by atoms with Crippen LogP contribution in [0.2, 0.25) is 0 Å². The van der Waals surface area contributed by atoms with Crippen molar-refractivity contribution < 1.29 is 0 Å². The van der Waals surface area contributed by atoms with Crippen molar-refractivity contribution in [3.05, 3.63) is 5.82 Å². The number of hydrogen-bond donors (Lipinski definition) is 2. The highest BCUT2D eigenvalue weighted by Gasteiger charge is 2.05. The van der Waals surface area contributed by atoms with Crippen molar-refractivity contribution in [2.75, 3.05) is 18.9 Å². The third kappa shape index (κ3) is 2.70. The van der Waals surface area contributed by atoms with E-state index in [2.05, 4.69) is 34.7 Å². The summed E-state index contributed by atoms with van der Waals surface area (Å²) in [5, 5.41) is 14.4. The predicted molar refractivity (Wildman–Crippen MR) is 57.1 cm³/mol. The summed E-state index contributed by atoms with van der Waals surface area (Å²) in [5.74, 6) is 2.41. The molecular weight excluding hydrogens is 178 g/mol. The van der Waals surface area contributed by atoms with Crippen LogP contribution in [0.4, 0.5) is 5.95 Å². The van der Waals surface area contributed by atoms with Crippen molar-refractivity contribution in [2.45, 2.75) is 20.4 Å². The highest BCUT2D eigenvalue weighted by Crippen LogP contribution is 2.02. The van der Waals surface area contributed by atoms with Gasteiger partial charge in [-0.2, -0.15) is 0 Å². The molecule has 0 atom stereocenters. The highest BCUT2D eigenvalue weighted by atomic mass is 15.3. The molecule has 0 bridgehead atoms. The molecular formula is C9H19N5. The Morgan fingerprint density at radius 1 is 1.36 bits per heavy atom. The molecule has 0 radical (unpaired) electrons. The Morgan fingerprint density at radius 2 is 2.07 bits per heavy atom. The number of nitrogens with zero attached hydrogens (tertiary/aromatic N) is 3. The zero-order valence-corrected chi connectivity index (χ0v) is 9.33. The summed E-state index contributed by atoms with van der Waals surface area (Å²) >= 11 is 0. The standard InChI is InChI=1S/C9H19N5/c1-7(2)5-11-6-8-12-13-9(10-3)14(8)4/h7,11H,5-6H2,1-4H3,(H,10,13). The molecule has 1 aromatic rings. The van der Waals surface area contributed by atoms with Gasteiger partial charge in [-0.05, 0) is 12.5 Å². The molecule has 1 heterocycles. The zero-order chi connectivity index (χ0) is 10.6. The second-order valence-corrected chi connectivity index (χ2v) is 3.77. The Hall–Kier alpha value is -1.10. The molecule has 2 N–H and O–H groups in total. The SMILES string of the molecule is CNc1nnc(CNCC(C)C)n1C. The normalized spacial score (nSPS) is 10.9. The van der Waals surface area contributed by atoms with E-state index in [1.807, 2.05) is 18.7 Å². The van der Waals surface area contributed by atoms with Crippen LogP contribution in [-0.2, 0) is 13.6 Å². The Morgan fingerprint density at radius 3 is 2.57 bits per heavy atom. The van der Waals surface area contributed by atoms with Gasteiger partial charge in [0.2, 0.25) is 5.95 Å². The molecule has 80 valence electrons. The number of rotatable bonds is 5. The van der Waals surface area contributed by atoms with Crippen LogP contribution in [0, 0.1) is 5.92 Å². The molecule has 5 nitrogen and oxygen atoms in total. The molecule has 14 heavy (non-hydrogen) atoms. The highest BCUT2D eigenvalue weighted by molar-refractivity contribution is 5.23. The Bertz CT molecular complexity index is 279. The number of hydrogen-bond acceptors (Lipinski definition) is 4. The number of aromatic nitrogens is 3. The summed E-state index contributed by atoms with van der Waals surface area (Å²) in [5.41, 5.74) is 0. The Balaban J connectivity index is 2.46. The minimum Gasteiger partial charge on any atom is -0.357 e. The maximum Gasteiger partial charge on any atom is 0.224 e. The average molecular weight is 197 g/mol. The van der Waals surface area contributed by atoms with Crippen LogP contribution < -0.4 is 10.6 Å². The second kappa shape index (κ2) is 4.95. The van der Waals surface area contributed by atoms with Gasteiger partial charge in [-0.1, -0.05) is 13.8 Å². The quantitative estimate of drug-likeness (QED) is 0.726. The van der Waals surface area contributed by atoms with E-state index < -0.39 is 0 Å². The van der Waals surface area contributed by atoms with Crippen LogP contribution in [0.3, 0.4) is 0 Å². The summed E-state index contributed by atoms with van der Waals surface area (Å²) in [6, 6.07) is 0. The summed E-state index contributed by atoms with van der Waals surface area (Å²) in [6.45, 7) is 6.14. The van der Waals surface area contributed by atoms with Crippen molar-refractivity contribution in [3.63, 3.8) is 0 Å². The monoisotopic (exact) mass is 197 g/mol. The van der Waals surface area contributed by atoms with Crippen molar-refractivity contribution in [1.82, 2.24) is 20.1 Å². The molecule has 1 aromatic heterocycles. The maximum absolute atomic E-state index is 4.07. The van der Waals surface area contributed by atoms with Gasteiger partial charge in [0.25, 0.3) is 0 Å². The van der Waals surface area contributed by atoms with E-state index in [0.29, 0.717) is 5.92 Å². The lowest BCUT2D eigenvalue weighted by molar-refractivity contribution is 0.536.